The summed E-state index contributed by atoms with van der Waals surface area (Å²) >= 11 is 3.52. The number of hydrogen-bond donors (Lipinski definition) is 1. The lowest BCUT2D eigenvalue weighted by molar-refractivity contribution is 0.210. The highest BCUT2D eigenvalue weighted by Crippen LogP contribution is 2.24. The summed E-state index contributed by atoms with van der Waals surface area (Å²) in [5, 5.41) is 8.91. The number of aliphatic hydroxyl groups is 1. The Labute approximate surface area is 112 Å². The van der Waals surface area contributed by atoms with Crippen molar-refractivity contribution in [3.05, 3.63) is 34.3 Å². The van der Waals surface area contributed by atoms with Crippen LogP contribution in [0.25, 0.3) is 0 Å². The number of aliphatic hydroxyl groups excluding tert-OH is 1. The third-order valence-corrected chi connectivity index (χ3v) is 3.96. The topological polar surface area (TPSA) is 23.5 Å². The molecule has 1 unspecified atom stereocenters. The van der Waals surface area contributed by atoms with Crippen molar-refractivity contribution < 1.29 is 5.11 Å². The van der Waals surface area contributed by atoms with Gasteiger partial charge in [0.1, 0.15) is 0 Å². The molecule has 0 saturated carbocycles. The smallest absolute Gasteiger partial charge is 0.0431 e. The highest BCUT2D eigenvalue weighted by molar-refractivity contribution is 9.10. The van der Waals surface area contributed by atoms with Crippen molar-refractivity contribution in [1.82, 2.24) is 4.90 Å². The molecule has 1 atom stereocenters. The Balaban J connectivity index is 1.93. The maximum absolute atomic E-state index is 8.91. The number of rotatable bonds is 5. The molecule has 0 amide bonds. The summed E-state index contributed by atoms with van der Waals surface area (Å²) in [5.74, 6) is 0. The predicted octanol–water partition coefficient (Wildman–Crippen LogP) is 3.19. The van der Waals surface area contributed by atoms with Crippen LogP contribution in [0.4, 0.5) is 0 Å². The maximum Gasteiger partial charge on any atom is 0.0431 e. The fourth-order valence-corrected chi connectivity index (χ4v) is 3.07. The third-order valence-electron chi connectivity index (χ3n) is 3.47. The van der Waals surface area contributed by atoms with E-state index >= 15 is 0 Å². The van der Waals surface area contributed by atoms with Gasteiger partial charge in [0.15, 0.2) is 0 Å². The van der Waals surface area contributed by atoms with E-state index in [1.165, 1.54) is 24.9 Å². The van der Waals surface area contributed by atoms with Gasteiger partial charge in [0.25, 0.3) is 0 Å². The predicted molar refractivity (Wildman–Crippen MR) is 73.9 cm³/mol. The second kappa shape index (κ2) is 6.53. The van der Waals surface area contributed by atoms with Gasteiger partial charge in [-0.25, -0.2) is 0 Å². The zero-order valence-corrected chi connectivity index (χ0v) is 11.7. The molecule has 0 aliphatic carbocycles. The van der Waals surface area contributed by atoms with Crippen LogP contribution in [-0.4, -0.2) is 29.2 Å². The summed E-state index contributed by atoms with van der Waals surface area (Å²) in [4.78, 5) is 2.55. The van der Waals surface area contributed by atoms with Gasteiger partial charge in [-0.3, -0.25) is 4.90 Å². The molecule has 0 bridgehead atoms. The number of hydrogen-bond acceptors (Lipinski definition) is 2. The molecular weight excluding hydrogens is 278 g/mol. The summed E-state index contributed by atoms with van der Waals surface area (Å²) in [6.07, 6.45) is 4.64. The molecule has 17 heavy (non-hydrogen) atoms. The van der Waals surface area contributed by atoms with Crippen LogP contribution in [0.2, 0.25) is 0 Å². The van der Waals surface area contributed by atoms with Crippen LogP contribution in [0.15, 0.2) is 28.7 Å². The van der Waals surface area contributed by atoms with Gasteiger partial charge in [-0.2, -0.15) is 0 Å². The Morgan fingerprint density at radius 2 is 2.29 bits per heavy atom. The Hall–Kier alpha value is -0.380. The minimum Gasteiger partial charge on any atom is -0.396 e. The van der Waals surface area contributed by atoms with Gasteiger partial charge in [-0.1, -0.05) is 28.1 Å². The SMILES string of the molecule is OCCCC1CCCN1Cc1cccc(Br)c1. The van der Waals surface area contributed by atoms with E-state index in [1.807, 2.05) is 0 Å². The Morgan fingerprint density at radius 3 is 3.06 bits per heavy atom. The first-order valence-electron chi connectivity index (χ1n) is 6.39. The van der Waals surface area contributed by atoms with Gasteiger partial charge in [-0.05, 0) is 49.9 Å². The van der Waals surface area contributed by atoms with E-state index in [0.717, 1.165) is 23.9 Å². The highest BCUT2D eigenvalue weighted by Gasteiger charge is 2.23. The minimum atomic E-state index is 0.321. The molecular formula is C14H20BrNO. The molecule has 1 fully saturated rings. The molecule has 94 valence electrons. The number of halogens is 1. The molecule has 3 heteroatoms. The minimum absolute atomic E-state index is 0.321. The monoisotopic (exact) mass is 297 g/mol. The van der Waals surface area contributed by atoms with Crippen molar-refractivity contribution in [2.45, 2.75) is 38.3 Å². The first-order chi connectivity index (χ1) is 8.29. The Morgan fingerprint density at radius 1 is 1.41 bits per heavy atom. The molecule has 0 spiro atoms. The van der Waals surface area contributed by atoms with Crippen LogP contribution in [0.3, 0.4) is 0 Å². The zero-order chi connectivity index (χ0) is 12.1. The van der Waals surface area contributed by atoms with Gasteiger partial charge < -0.3 is 5.11 Å². The second-order valence-electron chi connectivity index (χ2n) is 4.76. The van der Waals surface area contributed by atoms with Crippen molar-refractivity contribution in [3.63, 3.8) is 0 Å². The lowest BCUT2D eigenvalue weighted by atomic mass is 10.1. The molecule has 1 aromatic carbocycles. The maximum atomic E-state index is 8.91. The fourth-order valence-electron chi connectivity index (χ4n) is 2.63. The summed E-state index contributed by atoms with van der Waals surface area (Å²) in [5.41, 5.74) is 1.37. The van der Waals surface area contributed by atoms with E-state index in [9.17, 15) is 0 Å². The lowest BCUT2D eigenvalue weighted by Crippen LogP contribution is -2.29. The average molecular weight is 298 g/mol. The summed E-state index contributed by atoms with van der Waals surface area (Å²) in [7, 11) is 0. The molecule has 2 nitrogen and oxygen atoms in total. The zero-order valence-electron chi connectivity index (χ0n) is 10.1. The largest absolute Gasteiger partial charge is 0.396 e. The van der Waals surface area contributed by atoms with Crippen LogP contribution in [0.5, 0.6) is 0 Å². The lowest BCUT2D eigenvalue weighted by Gasteiger charge is -2.24. The number of likely N-dealkylation sites (tertiary alicyclic amines) is 1. The second-order valence-corrected chi connectivity index (χ2v) is 5.68. The number of nitrogens with zero attached hydrogens (tertiary/aromatic N) is 1. The molecule has 1 aromatic rings. The highest BCUT2D eigenvalue weighted by atomic mass is 79.9. The summed E-state index contributed by atoms with van der Waals surface area (Å²) < 4.78 is 1.15. The quantitative estimate of drug-likeness (QED) is 0.902. The fraction of sp³-hybridized carbons (Fsp3) is 0.571. The van der Waals surface area contributed by atoms with Crippen LogP contribution < -0.4 is 0 Å². The standard InChI is InChI=1S/C14H20BrNO/c15-13-5-1-4-12(10-13)11-16-8-2-6-14(16)7-3-9-17/h1,4-5,10,14,17H,2-3,6-9,11H2. The van der Waals surface area contributed by atoms with E-state index in [0.29, 0.717) is 12.6 Å². The normalized spacial score (nSPS) is 20.9. The van der Waals surface area contributed by atoms with Crippen LogP contribution in [0.1, 0.15) is 31.2 Å². The van der Waals surface area contributed by atoms with E-state index in [-0.39, 0.29) is 0 Å². The molecule has 1 N–H and O–H groups in total. The number of benzene rings is 1. The van der Waals surface area contributed by atoms with Gasteiger partial charge in [-0.15, -0.1) is 0 Å². The third kappa shape index (κ3) is 3.80. The molecule has 2 rings (SSSR count). The van der Waals surface area contributed by atoms with Gasteiger partial charge in [0.05, 0.1) is 0 Å². The van der Waals surface area contributed by atoms with Gasteiger partial charge in [0.2, 0.25) is 0 Å². The molecule has 1 saturated heterocycles. The van der Waals surface area contributed by atoms with Crippen LogP contribution >= 0.6 is 15.9 Å². The molecule has 1 aliphatic heterocycles. The Bertz CT molecular complexity index is 356. The summed E-state index contributed by atoms with van der Waals surface area (Å²) in [6.45, 7) is 2.55. The molecule has 0 aromatic heterocycles. The van der Waals surface area contributed by atoms with Crippen molar-refractivity contribution in [2.75, 3.05) is 13.2 Å². The van der Waals surface area contributed by atoms with Crippen LogP contribution in [0, 0.1) is 0 Å². The first kappa shape index (κ1) is 13.1. The van der Waals surface area contributed by atoms with Gasteiger partial charge in [0, 0.05) is 23.7 Å². The van der Waals surface area contributed by atoms with E-state index in [1.54, 1.807) is 0 Å². The van der Waals surface area contributed by atoms with Crippen LogP contribution in [-0.2, 0) is 6.54 Å². The molecule has 0 radical (unpaired) electrons. The van der Waals surface area contributed by atoms with Gasteiger partial charge >= 0.3 is 0 Å². The van der Waals surface area contributed by atoms with E-state index < -0.39 is 0 Å². The van der Waals surface area contributed by atoms with E-state index in [4.69, 9.17) is 5.11 Å². The first-order valence-corrected chi connectivity index (χ1v) is 7.18. The average Bonchev–Trinajstić information content (AvgIpc) is 2.74. The van der Waals surface area contributed by atoms with E-state index in [2.05, 4.69) is 45.1 Å². The Kier molecular flexibility index (Phi) is 5.01. The summed E-state index contributed by atoms with van der Waals surface area (Å²) in [6, 6.07) is 9.21. The van der Waals surface area contributed by atoms with Crippen molar-refractivity contribution >= 4 is 15.9 Å². The van der Waals surface area contributed by atoms with Crippen molar-refractivity contribution in [1.29, 1.82) is 0 Å². The molecule has 1 heterocycles. The van der Waals surface area contributed by atoms with Crippen molar-refractivity contribution in [2.24, 2.45) is 0 Å². The van der Waals surface area contributed by atoms with Crippen molar-refractivity contribution in [3.8, 4) is 0 Å². The molecule has 1 aliphatic rings.